The summed E-state index contributed by atoms with van der Waals surface area (Å²) in [6.07, 6.45) is 0.531. The van der Waals surface area contributed by atoms with Crippen molar-refractivity contribution < 1.29 is 37.2 Å². The molecule has 212 valence electrons. The average Bonchev–Trinajstić information content (AvgIpc) is 3.69. The van der Waals surface area contributed by atoms with Gasteiger partial charge in [0.1, 0.15) is 5.82 Å². The van der Waals surface area contributed by atoms with E-state index >= 15 is 0 Å². The Kier molecular flexibility index (Phi) is 9.97. The summed E-state index contributed by atoms with van der Waals surface area (Å²) in [5, 5.41) is 20.9. The largest absolute Gasteiger partial charge is 0.488 e. The molecule has 3 rings (SSSR count). The van der Waals surface area contributed by atoms with E-state index < -0.39 is 48.1 Å². The topological polar surface area (TPSA) is 133 Å². The van der Waals surface area contributed by atoms with E-state index in [9.17, 15) is 32.4 Å². The van der Waals surface area contributed by atoms with Crippen LogP contribution in [0.4, 0.5) is 14.9 Å². The van der Waals surface area contributed by atoms with Crippen LogP contribution < -0.4 is 10.8 Å². The van der Waals surface area contributed by atoms with Crippen molar-refractivity contribution in [2.24, 2.45) is 0 Å². The fourth-order valence-corrected chi connectivity index (χ4v) is 6.49. The number of hydrogen-bond acceptors (Lipinski definition) is 7. The van der Waals surface area contributed by atoms with Crippen LogP contribution in [0.1, 0.15) is 30.4 Å². The van der Waals surface area contributed by atoms with Gasteiger partial charge in [0, 0.05) is 27.2 Å². The smallest absolute Gasteiger partial charge is 0.450 e. The number of carbonyl (C=O) groups is 2. The first-order valence-electron chi connectivity index (χ1n) is 12.9. The Balaban J connectivity index is 1.72. The first kappa shape index (κ1) is 30.8. The van der Waals surface area contributed by atoms with Crippen molar-refractivity contribution in [3.05, 3.63) is 53.3 Å². The van der Waals surface area contributed by atoms with Crippen LogP contribution in [0, 0.1) is 5.82 Å². The van der Waals surface area contributed by atoms with E-state index in [4.69, 9.17) is 4.74 Å². The predicted molar refractivity (Wildman–Crippen MR) is 151 cm³/mol. The summed E-state index contributed by atoms with van der Waals surface area (Å²) in [6, 6.07) is 8.93. The molecule has 2 aromatic rings. The highest BCUT2D eigenvalue weighted by Gasteiger charge is 2.38. The molecule has 0 radical (unpaired) electrons. The fraction of sp³-hybridized carbons (Fsp3) is 0.462. The average molecular weight is 579 g/mol. The zero-order valence-electron chi connectivity index (χ0n) is 22.7. The van der Waals surface area contributed by atoms with Gasteiger partial charge >= 0.3 is 13.2 Å². The van der Waals surface area contributed by atoms with Crippen molar-refractivity contribution in [1.29, 1.82) is 0 Å². The standard InChI is InChI=1S/C26H36BFN2O7SSi/c1-30(26(32)37-13-14-39(2,3)4)17-19-16-21(7-11-24(19)38(35,36)22-8-9-22)29-25(31)12-5-18-15-20(27(33)34)6-10-23(18)28/h6-7,10-11,15-16,22,33-34H,5,8-9,12-14,17H2,1-4H3,(H,29,31). The quantitative estimate of drug-likeness (QED) is 0.330. The maximum Gasteiger partial charge on any atom is 0.488 e. The van der Waals surface area contributed by atoms with Crippen LogP contribution in [0.3, 0.4) is 0 Å². The first-order chi connectivity index (χ1) is 18.2. The van der Waals surface area contributed by atoms with E-state index in [0.29, 0.717) is 30.7 Å². The van der Waals surface area contributed by atoms with Gasteiger partial charge in [0.25, 0.3) is 0 Å². The Labute approximate surface area is 230 Å². The third kappa shape index (κ3) is 8.89. The van der Waals surface area contributed by atoms with Crippen molar-refractivity contribution in [2.45, 2.75) is 68.1 Å². The van der Waals surface area contributed by atoms with Gasteiger partial charge in [-0.3, -0.25) is 4.79 Å². The number of carbonyl (C=O) groups excluding carboxylic acids is 2. The Hall–Kier alpha value is -2.74. The zero-order valence-corrected chi connectivity index (χ0v) is 24.6. The van der Waals surface area contributed by atoms with Crippen LogP contribution in [0.2, 0.25) is 25.7 Å². The van der Waals surface area contributed by atoms with Gasteiger partial charge in [0.05, 0.1) is 23.3 Å². The number of rotatable bonds is 12. The van der Waals surface area contributed by atoms with Gasteiger partial charge in [-0.25, -0.2) is 17.6 Å². The predicted octanol–water partition coefficient (Wildman–Crippen LogP) is 2.92. The van der Waals surface area contributed by atoms with Gasteiger partial charge in [-0.15, -0.1) is 0 Å². The molecular weight excluding hydrogens is 542 g/mol. The van der Waals surface area contributed by atoms with Crippen molar-refractivity contribution in [1.82, 2.24) is 4.90 Å². The summed E-state index contributed by atoms with van der Waals surface area (Å²) in [4.78, 5) is 26.6. The number of benzene rings is 2. The first-order valence-corrected chi connectivity index (χ1v) is 18.1. The van der Waals surface area contributed by atoms with E-state index in [2.05, 4.69) is 25.0 Å². The number of amides is 2. The minimum absolute atomic E-state index is 0.0191. The Morgan fingerprint density at radius 1 is 1.13 bits per heavy atom. The SMILES string of the molecule is CN(Cc1cc(NC(=O)CCc2cc(B(O)O)ccc2F)ccc1S(=O)(=O)C1CC1)C(=O)OCC[Si](C)(C)C. The number of nitrogens with zero attached hydrogens (tertiary/aromatic N) is 1. The summed E-state index contributed by atoms with van der Waals surface area (Å²) in [5.41, 5.74) is 0.980. The number of hydrogen-bond donors (Lipinski definition) is 3. The van der Waals surface area contributed by atoms with E-state index in [1.165, 1.54) is 42.3 Å². The lowest BCUT2D eigenvalue weighted by Gasteiger charge is -2.21. The van der Waals surface area contributed by atoms with Gasteiger partial charge in [0.2, 0.25) is 5.91 Å². The number of sulfone groups is 1. The van der Waals surface area contributed by atoms with Crippen molar-refractivity contribution >= 4 is 48.2 Å². The second-order valence-corrected chi connectivity index (χ2v) is 18.9. The molecule has 1 aliphatic rings. The highest BCUT2D eigenvalue weighted by molar-refractivity contribution is 7.92. The zero-order chi connectivity index (χ0) is 29.0. The minimum atomic E-state index is -3.58. The summed E-state index contributed by atoms with van der Waals surface area (Å²) in [5.74, 6) is -1.00. The van der Waals surface area contributed by atoms with Crippen molar-refractivity contribution in [3.63, 3.8) is 0 Å². The molecule has 3 N–H and O–H groups in total. The Morgan fingerprint density at radius 2 is 1.82 bits per heavy atom. The maximum atomic E-state index is 14.1. The van der Waals surface area contributed by atoms with Crippen molar-refractivity contribution in [3.8, 4) is 0 Å². The van der Waals surface area contributed by atoms with Crippen LogP contribution >= 0.6 is 0 Å². The molecule has 0 spiro atoms. The monoisotopic (exact) mass is 578 g/mol. The molecule has 39 heavy (non-hydrogen) atoms. The minimum Gasteiger partial charge on any atom is -0.450 e. The second-order valence-electron chi connectivity index (χ2n) is 11.1. The number of halogens is 1. The molecule has 2 aromatic carbocycles. The molecule has 0 atom stereocenters. The lowest BCUT2D eigenvalue weighted by molar-refractivity contribution is -0.116. The third-order valence-electron chi connectivity index (χ3n) is 6.40. The number of aryl methyl sites for hydroxylation is 1. The molecule has 1 saturated carbocycles. The molecule has 2 amide bonds. The van der Waals surface area contributed by atoms with Gasteiger partial charge in [0.15, 0.2) is 9.84 Å². The second kappa shape index (κ2) is 12.6. The van der Waals surface area contributed by atoms with Gasteiger partial charge in [-0.2, -0.15) is 0 Å². The third-order valence-corrected chi connectivity index (χ3v) is 10.5. The molecule has 0 aromatic heterocycles. The van der Waals surface area contributed by atoms with Gasteiger partial charge in [-0.05, 0) is 66.2 Å². The molecule has 0 heterocycles. The highest BCUT2D eigenvalue weighted by Crippen LogP contribution is 2.36. The summed E-state index contributed by atoms with van der Waals surface area (Å²) in [6.45, 7) is 6.78. The highest BCUT2D eigenvalue weighted by atomic mass is 32.2. The summed E-state index contributed by atoms with van der Waals surface area (Å²) < 4.78 is 45.6. The number of ether oxygens (including phenoxy) is 1. The maximum absolute atomic E-state index is 14.1. The van der Waals surface area contributed by atoms with E-state index in [0.717, 1.165) is 12.1 Å². The normalized spacial score (nSPS) is 13.6. The molecule has 0 unspecified atom stereocenters. The lowest BCUT2D eigenvalue weighted by Crippen LogP contribution is -2.30. The van der Waals surface area contributed by atoms with Gasteiger partial charge in [-0.1, -0.05) is 31.8 Å². The van der Waals surface area contributed by atoms with Crippen LogP contribution in [-0.2, 0) is 32.3 Å². The summed E-state index contributed by atoms with van der Waals surface area (Å²) in [7, 11) is -5.20. The Bertz CT molecular complexity index is 1310. The Morgan fingerprint density at radius 3 is 2.44 bits per heavy atom. The lowest BCUT2D eigenvalue weighted by atomic mass is 9.79. The van der Waals surface area contributed by atoms with E-state index in [1.54, 1.807) is 0 Å². The molecule has 0 aliphatic heterocycles. The molecule has 0 bridgehead atoms. The van der Waals surface area contributed by atoms with Crippen molar-refractivity contribution in [2.75, 3.05) is 19.0 Å². The van der Waals surface area contributed by atoms with Crippen LogP contribution in [0.25, 0.3) is 0 Å². The fourth-order valence-electron chi connectivity index (χ4n) is 3.91. The molecule has 9 nitrogen and oxygen atoms in total. The van der Waals surface area contributed by atoms with Crippen LogP contribution in [0.5, 0.6) is 0 Å². The van der Waals surface area contributed by atoms with Crippen LogP contribution in [-0.4, -0.2) is 69.5 Å². The van der Waals surface area contributed by atoms with Gasteiger partial charge < -0.3 is 25.0 Å². The molecule has 1 aliphatic carbocycles. The molecule has 1 fully saturated rings. The van der Waals surface area contributed by atoms with E-state index in [1.807, 2.05) is 0 Å². The number of nitrogens with one attached hydrogen (secondary N) is 1. The van der Waals surface area contributed by atoms with Crippen LogP contribution in [0.15, 0.2) is 41.3 Å². The molecule has 0 saturated heterocycles. The summed E-state index contributed by atoms with van der Waals surface area (Å²) >= 11 is 0. The number of anilines is 1. The van der Waals surface area contributed by atoms with E-state index in [-0.39, 0.29) is 35.3 Å². The molecule has 13 heteroatoms. The molecular formula is C26H36BFN2O7SSi.